The second-order valence-corrected chi connectivity index (χ2v) is 12.1. The number of benzene rings is 1. The monoisotopic (exact) mass is 641 g/mol. The van der Waals surface area contributed by atoms with Crippen molar-refractivity contribution in [1.29, 1.82) is 0 Å². The van der Waals surface area contributed by atoms with Crippen molar-refractivity contribution < 1.29 is 19.0 Å². The lowest BCUT2D eigenvalue weighted by Crippen LogP contribution is -2.22. The number of hydrogen-bond acceptors (Lipinski definition) is 7. The number of carbonyl (C=O) groups is 1. The van der Waals surface area contributed by atoms with Crippen molar-refractivity contribution in [3.8, 4) is 18.6 Å². The van der Waals surface area contributed by atoms with Gasteiger partial charge in [0.25, 0.3) is 12.0 Å². The number of nitrogens with zero attached hydrogens (tertiary/aromatic N) is 2. The van der Waals surface area contributed by atoms with Crippen molar-refractivity contribution in [1.82, 2.24) is 4.57 Å². The first-order valence-corrected chi connectivity index (χ1v) is 16.5. The zero-order chi connectivity index (χ0) is 35.7. The van der Waals surface area contributed by atoms with Crippen LogP contribution in [0.2, 0.25) is 0 Å². The van der Waals surface area contributed by atoms with E-state index in [4.69, 9.17) is 20.2 Å². The Balaban J connectivity index is 0. The number of carbonyl (C=O) groups excluding carboxylic acids is 1. The Hall–Kier alpha value is -3.41. The standard InChI is InChI=1S/C20H27N3O2.C7H14O.C5H12.C4H8O2.C2H2/c1-13(2)19(16-10-15(4)20(24)23(5)12-16)22-18-7-6-17(11-14(18)3)25-9-8-21;1-2-7-3-5-8-6-4-7;1-4-5(2)3;1-4(2)6-3-5;1-2/h6-7,10-13H,8-9,21H2,1-5H3;7H,2-6H2,1H3;5H,4H2,1-3H3;3-4H,1-2H3;1-2H. The molecule has 2 N–H and O–H groups in total. The van der Waals surface area contributed by atoms with E-state index in [-0.39, 0.29) is 17.6 Å². The van der Waals surface area contributed by atoms with Gasteiger partial charge in [-0.1, -0.05) is 54.4 Å². The van der Waals surface area contributed by atoms with Crippen molar-refractivity contribution in [2.24, 2.45) is 35.5 Å². The second-order valence-electron chi connectivity index (χ2n) is 12.1. The van der Waals surface area contributed by atoms with E-state index in [0.717, 1.165) is 58.9 Å². The van der Waals surface area contributed by atoms with E-state index >= 15 is 0 Å². The Labute approximate surface area is 280 Å². The highest BCUT2D eigenvalue weighted by molar-refractivity contribution is 6.03. The lowest BCUT2D eigenvalue weighted by atomic mass is 9.98. The maximum absolute atomic E-state index is 11.9. The third-order valence-electron chi connectivity index (χ3n) is 7.06. The molecule has 0 spiro atoms. The Morgan fingerprint density at radius 3 is 2.02 bits per heavy atom. The molecule has 1 aliphatic rings. The Morgan fingerprint density at radius 2 is 1.65 bits per heavy atom. The molecule has 8 heteroatoms. The van der Waals surface area contributed by atoms with Gasteiger partial charge >= 0.3 is 0 Å². The van der Waals surface area contributed by atoms with Crippen LogP contribution in [0.4, 0.5) is 5.69 Å². The van der Waals surface area contributed by atoms with E-state index in [1.165, 1.54) is 25.7 Å². The van der Waals surface area contributed by atoms with Gasteiger partial charge in [0.15, 0.2) is 0 Å². The molecular formula is C38H63N3O5. The average Bonchev–Trinajstić information content (AvgIpc) is 3.04. The molecule has 1 aliphatic heterocycles. The minimum absolute atomic E-state index is 0.0180. The van der Waals surface area contributed by atoms with Gasteiger partial charge in [-0.05, 0) is 88.1 Å². The molecule has 1 aromatic heterocycles. The van der Waals surface area contributed by atoms with Gasteiger partial charge in [0.05, 0.1) is 17.5 Å². The highest BCUT2D eigenvalue weighted by Crippen LogP contribution is 2.26. The second kappa shape index (κ2) is 26.8. The maximum atomic E-state index is 11.9. The molecular weight excluding hydrogens is 578 g/mol. The topological polar surface area (TPSA) is 105 Å². The number of aromatic nitrogens is 1. The predicted molar refractivity (Wildman–Crippen MR) is 194 cm³/mol. The third kappa shape index (κ3) is 19.9. The molecule has 0 bridgehead atoms. The van der Waals surface area contributed by atoms with Crippen LogP contribution in [0.25, 0.3) is 0 Å². The summed E-state index contributed by atoms with van der Waals surface area (Å²) in [5, 5.41) is 0. The molecule has 1 aromatic carbocycles. The van der Waals surface area contributed by atoms with Crippen LogP contribution in [0.15, 0.2) is 40.2 Å². The molecule has 1 saturated heterocycles. The first-order chi connectivity index (χ1) is 21.8. The van der Waals surface area contributed by atoms with Crippen LogP contribution in [0, 0.1) is 44.4 Å². The van der Waals surface area contributed by atoms with Crippen molar-refractivity contribution in [2.45, 2.75) is 101 Å². The molecule has 0 radical (unpaired) electrons. The molecule has 0 aliphatic carbocycles. The smallest absolute Gasteiger partial charge is 0.293 e. The number of rotatable bonds is 10. The summed E-state index contributed by atoms with van der Waals surface area (Å²) in [5.74, 6) is 2.87. The van der Waals surface area contributed by atoms with E-state index in [1.807, 2.05) is 44.3 Å². The van der Waals surface area contributed by atoms with E-state index in [0.29, 0.717) is 19.6 Å². The van der Waals surface area contributed by atoms with Gasteiger partial charge in [-0.2, -0.15) is 0 Å². The summed E-state index contributed by atoms with van der Waals surface area (Å²) in [4.78, 5) is 26.2. The van der Waals surface area contributed by atoms with Crippen LogP contribution in [-0.2, 0) is 21.3 Å². The normalized spacial score (nSPS) is 12.8. The average molecular weight is 642 g/mol. The first kappa shape index (κ1) is 44.7. The summed E-state index contributed by atoms with van der Waals surface area (Å²) < 4.78 is 16.7. The number of pyridine rings is 1. The zero-order valence-electron chi connectivity index (χ0n) is 30.6. The van der Waals surface area contributed by atoms with Crippen molar-refractivity contribution in [2.75, 3.05) is 26.4 Å². The molecule has 0 unspecified atom stereocenters. The SMILES string of the molecule is C#C.CC(C)OC=O.CCC(C)C.CCC1CCOCC1.Cc1cc(OCCN)ccc1N=C(c1cc(C)c(=O)n(C)c1)C(C)C. The summed E-state index contributed by atoms with van der Waals surface area (Å²) in [6, 6.07) is 7.75. The van der Waals surface area contributed by atoms with Crippen molar-refractivity contribution >= 4 is 17.9 Å². The lowest BCUT2D eigenvalue weighted by Gasteiger charge is -2.19. The van der Waals surface area contributed by atoms with Crippen molar-refractivity contribution in [3.05, 3.63) is 57.5 Å². The molecule has 260 valence electrons. The number of aliphatic imine (C=N–C) groups is 1. The minimum Gasteiger partial charge on any atom is -0.492 e. The largest absolute Gasteiger partial charge is 0.492 e. The van der Waals surface area contributed by atoms with Gasteiger partial charge in [-0.15, -0.1) is 12.8 Å². The zero-order valence-corrected chi connectivity index (χ0v) is 30.6. The highest BCUT2D eigenvalue weighted by Gasteiger charge is 2.13. The van der Waals surface area contributed by atoms with Crippen LogP contribution >= 0.6 is 0 Å². The number of ether oxygens (including phenoxy) is 3. The first-order valence-electron chi connectivity index (χ1n) is 16.5. The highest BCUT2D eigenvalue weighted by atomic mass is 16.5. The van der Waals surface area contributed by atoms with Gasteiger partial charge in [0.1, 0.15) is 12.4 Å². The summed E-state index contributed by atoms with van der Waals surface area (Å²) in [6.07, 6.45) is 15.1. The van der Waals surface area contributed by atoms with Gasteiger partial charge < -0.3 is 24.5 Å². The van der Waals surface area contributed by atoms with E-state index in [1.54, 1.807) is 25.5 Å². The maximum Gasteiger partial charge on any atom is 0.293 e. The Morgan fingerprint density at radius 1 is 1.07 bits per heavy atom. The quantitative estimate of drug-likeness (QED) is 0.161. The van der Waals surface area contributed by atoms with Crippen LogP contribution in [-0.4, -0.2) is 49.2 Å². The molecule has 2 aromatic rings. The van der Waals surface area contributed by atoms with Crippen LogP contribution in [0.1, 0.15) is 97.8 Å². The van der Waals surface area contributed by atoms with Crippen LogP contribution in [0.3, 0.4) is 0 Å². The lowest BCUT2D eigenvalue weighted by molar-refractivity contribution is -0.131. The third-order valence-corrected chi connectivity index (χ3v) is 7.06. The summed E-state index contributed by atoms with van der Waals surface area (Å²) in [7, 11) is 1.77. The predicted octanol–water partition coefficient (Wildman–Crippen LogP) is 7.81. The van der Waals surface area contributed by atoms with Gasteiger partial charge in [-0.25, -0.2) is 0 Å². The van der Waals surface area contributed by atoms with Crippen LogP contribution < -0.4 is 16.0 Å². The fourth-order valence-corrected chi connectivity index (χ4v) is 3.96. The molecule has 46 heavy (non-hydrogen) atoms. The molecule has 2 heterocycles. The van der Waals surface area contributed by atoms with Gasteiger partial charge in [0.2, 0.25) is 0 Å². The Kier molecular flexibility index (Phi) is 26.0. The molecule has 0 atom stereocenters. The fourth-order valence-electron chi connectivity index (χ4n) is 3.96. The van der Waals surface area contributed by atoms with Crippen LogP contribution in [0.5, 0.6) is 5.75 Å². The van der Waals surface area contributed by atoms with Gasteiger partial charge in [-0.3, -0.25) is 14.6 Å². The number of aryl methyl sites for hydroxylation is 3. The molecule has 0 amide bonds. The van der Waals surface area contributed by atoms with E-state index in [2.05, 4.69) is 59.1 Å². The summed E-state index contributed by atoms with van der Waals surface area (Å²) >= 11 is 0. The van der Waals surface area contributed by atoms with Gasteiger partial charge in [0, 0.05) is 44.1 Å². The fraction of sp³-hybridized carbons (Fsp3) is 0.605. The minimum atomic E-state index is 0.0180. The number of nitrogens with two attached hydrogens (primary N) is 1. The number of hydrogen-bond donors (Lipinski definition) is 1. The molecule has 8 nitrogen and oxygen atoms in total. The summed E-state index contributed by atoms with van der Waals surface area (Å²) in [6.45, 7) is 24.0. The van der Waals surface area contributed by atoms with E-state index in [9.17, 15) is 9.59 Å². The Bertz CT molecular complexity index is 1170. The van der Waals surface area contributed by atoms with Crippen molar-refractivity contribution in [3.63, 3.8) is 0 Å². The molecule has 3 rings (SSSR count). The summed E-state index contributed by atoms with van der Waals surface area (Å²) in [5.41, 5.74) is 10.1. The molecule has 1 fully saturated rings. The molecule has 0 saturated carbocycles. The van der Waals surface area contributed by atoms with E-state index < -0.39 is 0 Å². The number of terminal acetylenes is 1.